The standard InChI is InChI=1S/C24H26ClN3O2/c1-24(23(30)27(3)15-17-8-10-19(25)11-9-17)12-13-28(24)22(29)14-18-16-26(2)21-7-5-4-6-20(18)21/h4-11,16H,12-15H2,1-3H3. The van der Waals surface area contributed by atoms with Crippen molar-refractivity contribution in [1.29, 1.82) is 0 Å². The molecule has 0 spiro atoms. The minimum atomic E-state index is -0.789. The monoisotopic (exact) mass is 423 g/mol. The summed E-state index contributed by atoms with van der Waals surface area (Å²) in [5.74, 6) is -0.0386. The minimum Gasteiger partial charge on any atom is -0.350 e. The van der Waals surface area contributed by atoms with E-state index in [9.17, 15) is 9.59 Å². The van der Waals surface area contributed by atoms with Crippen LogP contribution in [-0.2, 0) is 29.6 Å². The van der Waals surface area contributed by atoms with Crippen molar-refractivity contribution < 1.29 is 9.59 Å². The summed E-state index contributed by atoms with van der Waals surface area (Å²) < 4.78 is 2.04. The van der Waals surface area contributed by atoms with E-state index in [0.717, 1.165) is 22.0 Å². The molecule has 3 aromatic rings. The van der Waals surface area contributed by atoms with Gasteiger partial charge in [0.2, 0.25) is 11.8 Å². The van der Waals surface area contributed by atoms with E-state index in [4.69, 9.17) is 11.6 Å². The highest BCUT2D eigenvalue weighted by molar-refractivity contribution is 6.30. The molecule has 6 heteroatoms. The first-order valence-corrected chi connectivity index (χ1v) is 10.5. The van der Waals surface area contributed by atoms with Crippen molar-refractivity contribution in [2.24, 2.45) is 7.05 Å². The average molecular weight is 424 g/mol. The van der Waals surface area contributed by atoms with Gasteiger partial charge in [-0.05, 0) is 42.7 Å². The molecule has 1 saturated heterocycles. The lowest BCUT2D eigenvalue weighted by molar-refractivity contribution is -0.163. The highest BCUT2D eigenvalue weighted by Crippen LogP contribution is 2.34. The molecule has 1 aliphatic heterocycles. The Bertz CT molecular complexity index is 1110. The van der Waals surface area contributed by atoms with Crippen molar-refractivity contribution in [3.63, 3.8) is 0 Å². The second kappa shape index (κ2) is 7.80. The molecule has 1 aromatic heterocycles. The molecule has 156 valence electrons. The lowest BCUT2D eigenvalue weighted by Crippen LogP contribution is -2.67. The fraction of sp³-hybridized carbons (Fsp3) is 0.333. The summed E-state index contributed by atoms with van der Waals surface area (Å²) in [6.45, 7) is 2.97. The molecule has 0 radical (unpaired) electrons. The largest absolute Gasteiger partial charge is 0.350 e. The van der Waals surface area contributed by atoms with Crippen LogP contribution in [0.15, 0.2) is 54.7 Å². The van der Waals surface area contributed by atoms with Crippen molar-refractivity contribution in [3.05, 3.63) is 70.9 Å². The maximum Gasteiger partial charge on any atom is 0.248 e. The SMILES string of the molecule is CN(Cc1ccc(Cl)cc1)C(=O)C1(C)CCN1C(=O)Cc1cn(C)c2ccccc12. The van der Waals surface area contributed by atoms with Crippen molar-refractivity contribution in [2.75, 3.05) is 13.6 Å². The number of hydrogen-bond donors (Lipinski definition) is 0. The second-order valence-corrected chi connectivity index (χ2v) is 8.75. The molecule has 1 fully saturated rings. The Kier molecular flexibility index (Phi) is 5.33. The van der Waals surface area contributed by atoms with Gasteiger partial charge < -0.3 is 14.4 Å². The van der Waals surface area contributed by atoms with Crippen molar-refractivity contribution in [2.45, 2.75) is 31.8 Å². The highest BCUT2D eigenvalue weighted by Gasteiger charge is 2.50. The predicted octanol–water partition coefficient (Wildman–Crippen LogP) is 4.02. The van der Waals surface area contributed by atoms with Gasteiger partial charge in [-0.2, -0.15) is 0 Å². The first kappa shape index (κ1) is 20.5. The van der Waals surface area contributed by atoms with Crippen LogP contribution in [0.3, 0.4) is 0 Å². The Balaban J connectivity index is 1.47. The van der Waals surface area contributed by atoms with Crippen LogP contribution >= 0.6 is 11.6 Å². The third-order valence-electron chi connectivity index (χ3n) is 6.18. The second-order valence-electron chi connectivity index (χ2n) is 8.32. The summed E-state index contributed by atoms with van der Waals surface area (Å²) in [6, 6.07) is 15.5. The topological polar surface area (TPSA) is 45.6 Å². The normalized spacial score (nSPS) is 18.3. The number of aryl methyl sites for hydroxylation is 1. The van der Waals surface area contributed by atoms with Crippen LogP contribution in [0.1, 0.15) is 24.5 Å². The summed E-state index contributed by atoms with van der Waals surface area (Å²) in [4.78, 5) is 29.7. The van der Waals surface area contributed by atoms with E-state index < -0.39 is 5.54 Å². The predicted molar refractivity (Wildman–Crippen MR) is 119 cm³/mol. The van der Waals surface area contributed by atoms with Crippen LogP contribution in [0.4, 0.5) is 0 Å². The zero-order chi connectivity index (χ0) is 21.5. The van der Waals surface area contributed by atoms with Crippen LogP contribution in [0.5, 0.6) is 0 Å². The fourth-order valence-electron chi connectivity index (χ4n) is 4.35. The van der Waals surface area contributed by atoms with Crippen LogP contribution < -0.4 is 0 Å². The molecule has 30 heavy (non-hydrogen) atoms. The number of carbonyl (C=O) groups is 2. The Hall–Kier alpha value is -2.79. The maximum atomic E-state index is 13.2. The van der Waals surface area contributed by atoms with E-state index in [0.29, 0.717) is 31.0 Å². The van der Waals surface area contributed by atoms with Crippen molar-refractivity contribution in [3.8, 4) is 0 Å². The summed E-state index contributed by atoms with van der Waals surface area (Å²) in [6.07, 6.45) is 2.98. The Morgan fingerprint density at radius 1 is 1.13 bits per heavy atom. The fourth-order valence-corrected chi connectivity index (χ4v) is 4.48. The Morgan fingerprint density at radius 3 is 2.50 bits per heavy atom. The van der Waals surface area contributed by atoms with Gasteiger partial charge in [0.25, 0.3) is 0 Å². The number of likely N-dealkylation sites (N-methyl/N-ethyl adjacent to an activating group) is 1. The molecule has 0 aliphatic carbocycles. The smallest absolute Gasteiger partial charge is 0.248 e. The third-order valence-corrected chi connectivity index (χ3v) is 6.43. The van der Waals surface area contributed by atoms with Crippen LogP contribution in [0.2, 0.25) is 5.02 Å². The first-order chi connectivity index (χ1) is 14.3. The van der Waals surface area contributed by atoms with Gasteiger partial charge in [-0.25, -0.2) is 0 Å². The number of benzene rings is 2. The lowest BCUT2D eigenvalue weighted by Gasteiger charge is -2.50. The van der Waals surface area contributed by atoms with E-state index in [1.165, 1.54) is 0 Å². The number of halogens is 1. The average Bonchev–Trinajstić information content (AvgIpc) is 3.03. The van der Waals surface area contributed by atoms with E-state index in [1.54, 1.807) is 16.8 Å². The van der Waals surface area contributed by atoms with Gasteiger partial charge in [-0.15, -0.1) is 0 Å². The molecule has 1 atom stereocenters. The van der Waals surface area contributed by atoms with Crippen LogP contribution in [0, 0.1) is 0 Å². The highest BCUT2D eigenvalue weighted by atomic mass is 35.5. The summed E-state index contributed by atoms with van der Waals surface area (Å²) in [5.41, 5.74) is 2.31. The number of para-hydroxylation sites is 1. The van der Waals surface area contributed by atoms with Crippen molar-refractivity contribution in [1.82, 2.24) is 14.4 Å². The number of fused-ring (bicyclic) bond motifs is 1. The van der Waals surface area contributed by atoms with E-state index >= 15 is 0 Å². The number of amides is 2. The number of likely N-dealkylation sites (tertiary alicyclic amines) is 1. The number of rotatable bonds is 5. The zero-order valence-corrected chi connectivity index (χ0v) is 18.3. The van der Waals surface area contributed by atoms with Crippen LogP contribution in [-0.4, -0.2) is 45.3 Å². The molecule has 0 bridgehead atoms. The summed E-state index contributed by atoms with van der Waals surface area (Å²) in [5, 5.41) is 1.76. The van der Waals surface area contributed by atoms with Gasteiger partial charge in [-0.3, -0.25) is 9.59 Å². The Labute approximate surface area is 181 Å². The van der Waals surface area contributed by atoms with Gasteiger partial charge in [0.15, 0.2) is 0 Å². The number of aromatic nitrogens is 1. The molecule has 4 rings (SSSR count). The molecular formula is C24H26ClN3O2. The molecule has 5 nitrogen and oxygen atoms in total. The maximum absolute atomic E-state index is 13.2. The van der Waals surface area contributed by atoms with Gasteiger partial charge >= 0.3 is 0 Å². The molecule has 2 amide bonds. The molecule has 0 saturated carbocycles. The summed E-state index contributed by atoms with van der Waals surface area (Å²) >= 11 is 5.95. The van der Waals surface area contributed by atoms with Gasteiger partial charge in [-0.1, -0.05) is 41.9 Å². The third kappa shape index (κ3) is 3.58. The van der Waals surface area contributed by atoms with E-state index in [2.05, 4.69) is 0 Å². The van der Waals surface area contributed by atoms with Gasteiger partial charge in [0, 0.05) is 49.3 Å². The zero-order valence-electron chi connectivity index (χ0n) is 17.6. The van der Waals surface area contributed by atoms with Crippen molar-refractivity contribution >= 4 is 34.3 Å². The van der Waals surface area contributed by atoms with Crippen LogP contribution in [0.25, 0.3) is 10.9 Å². The molecule has 1 aliphatic rings. The molecule has 2 aromatic carbocycles. The minimum absolute atomic E-state index is 0.00616. The van der Waals surface area contributed by atoms with E-state index in [1.807, 2.05) is 73.3 Å². The summed E-state index contributed by atoms with van der Waals surface area (Å²) in [7, 11) is 3.77. The van der Waals surface area contributed by atoms with Gasteiger partial charge in [0.05, 0.1) is 6.42 Å². The molecule has 1 unspecified atom stereocenters. The van der Waals surface area contributed by atoms with E-state index in [-0.39, 0.29) is 11.8 Å². The molecule has 0 N–H and O–H groups in total. The molecule has 2 heterocycles. The lowest BCUT2D eigenvalue weighted by atomic mass is 9.84. The number of carbonyl (C=O) groups excluding carboxylic acids is 2. The first-order valence-electron chi connectivity index (χ1n) is 10.1. The number of hydrogen-bond acceptors (Lipinski definition) is 2. The number of nitrogens with zero attached hydrogens (tertiary/aromatic N) is 3. The molecular weight excluding hydrogens is 398 g/mol. The van der Waals surface area contributed by atoms with Gasteiger partial charge in [0.1, 0.15) is 5.54 Å². The quantitative estimate of drug-likeness (QED) is 0.622. The Morgan fingerprint density at radius 2 is 1.83 bits per heavy atom.